The van der Waals surface area contributed by atoms with E-state index in [2.05, 4.69) is 0 Å². The van der Waals surface area contributed by atoms with Crippen LogP contribution in [0.25, 0.3) is 0 Å². The van der Waals surface area contributed by atoms with Crippen molar-refractivity contribution in [3.8, 4) is 0 Å². The van der Waals surface area contributed by atoms with E-state index in [9.17, 15) is 9.90 Å². The van der Waals surface area contributed by atoms with Crippen LogP contribution in [0.1, 0.15) is 22.8 Å². The second-order valence-electron chi connectivity index (χ2n) is 5.09. The normalized spacial score (nSPS) is 13.6. The van der Waals surface area contributed by atoms with E-state index in [-0.39, 0.29) is 12.4 Å². The van der Waals surface area contributed by atoms with E-state index in [0.717, 1.165) is 5.56 Å². The van der Waals surface area contributed by atoms with Gasteiger partial charge in [0.05, 0.1) is 19.3 Å². The van der Waals surface area contributed by atoms with Crippen molar-refractivity contribution < 1.29 is 14.6 Å². The topological polar surface area (TPSA) is 46.5 Å². The van der Waals surface area contributed by atoms with Crippen molar-refractivity contribution in [1.82, 2.24) is 0 Å². The maximum Gasteiger partial charge on any atom is 0.168 e. The highest BCUT2D eigenvalue weighted by molar-refractivity contribution is 5.97. The molecule has 2 rings (SSSR count). The number of carbonyl (C=O) groups is 1. The molecule has 0 amide bonds. The van der Waals surface area contributed by atoms with Gasteiger partial charge >= 0.3 is 0 Å². The first kappa shape index (κ1) is 15.4. The molecule has 0 aliphatic heterocycles. The Morgan fingerprint density at radius 2 is 1.62 bits per heavy atom. The molecule has 0 aromatic heterocycles. The number of hydrogen-bond acceptors (Lipinski definition) is 3. The van der Waals surface area contributed by atoms with Crippen LogP contribution in [0.15, 0.2) is 60.7 Å². The minimum Gasteiger partial charge on any atom is -0.390 e. The average Bonchev–Trinajstić information content (AvgIpc) is 2.55. The van der Waals surface area contributed by atoms with Gasteiger partial charge in [0, 0.05) is 11.5 Å². The maximum atomic E-state index is 12.2. The number of Topliss-reactive ketones (excluding diaryl/α,β-unsaturated/α-hetero) is 1. The highest BCUT2D eigenvalue weighted by atomic mass is 16.5. The van der Waals surface area contributed by atoms with E-state index in [4.69, 9.17) is 4.74 Å². The third-order valence-corrected chi connectivity index (χ3v) is 3.45. The molecule has 0 aliphatic rings. The van der Waals surface area contributed by atoms with Crippen LogP contribution in [0, 0.1) is 5.92 Å². The van der Waals surface area contributed by atoms with Crippen LogP contribution >= 0.6 is 0 Å². The molecule has 0 bridgehead atoms. The number of aliphatic hydroxyl groups is 1. The Hall–Kier alpha value is -1.97. The van der Waals surface area contributed by atoms with Gasteiger partial charge in [-0.15, -0.1) is 0 Å². The standard InChI is InChI=1S/C18H20O3/c1-14(18(20)16-10-6-3-7-11-16)17(19)13-21-12-15-8-4-2-5-9-15/h2-11,14,17,19H,12-13H2,1H3/t14-,17+/m0/s1. The molecule has 0 saturated heterocycles. The molecule has 0 heterocycles. The molecule has 2 aromatic carbocycles. The minimum absolute atomic E-state index is 0.0635. The third-order valence-electron chi connectivity index (χ3n) is 3.45. The molecule has 110 valence electrons. The number of carbonyl (C=O) groups excluding carboxylic acids is 1. The van der Waals surface area contributed by atoms with Crippen molar-refractivity contribution >= 4 is 5.78 Å². The van der Waals surface area contributed by atoms with Gasteiger partial charge in [-0.1, -0.05) is 67.6 Å². The Labute approximate surface area is 125 Å². The van der Waals surface area contributed by atoms with Gasteiger partial charge in [0.2, 0.25) is 0 Å². The van der Waals surface area contributed by atoms with E-state index in [1.54, 1.807) is 19.1 Å². The number of ether oxygens (including phenoxy) is 1. The summed E-state index contributed by atoms with van der Waals surface area (Å²) in [6.45, 7) is 2.31. The van der Waals surface area contributed by atoms with E-state index in [0.29, 0.717) is 12.2 Å². The summed E-state index contributed by atoms with van der Waals surface area (Å²) >= 11 is 0. The van der Waals surface area contributed by atoms with Crippen molar-refractivity contribution in [2.45, 2.75) is 19.6 Å². The zero-order valence-corrected chi connectivity index (χ0v) is 12.1. The van der Waals surface area contributed by atoms with E-state index < -0.39 is 12.0 Å². The zero-order valence-electron chi connectivity index (χ0n) is 12.1. The smallest absolute Gasteiger partial charge is 0.168 e. The van der Waals surface area contributed by atoms with Gasteiger partial charge < -0.3 is 9.84 Å². The number of ketones is 1. The second kappa shape index (κ2) is 7.72. The number of hydrogen-bond donors (Lipinski definition) is 1. The SMILES string of the molecule is C[C@H](C(=O)c1ccccc1)[C@H](O)COCc1ccccc1. The van der Waals surface area contributed by atoms with E-state index in [1.807, 2.05) is 48.5 Å². The predicted molar refractivity (Wildman–Crippen MR) is 82.0 cm³/mol. The third kappa shape index (κ3) is 4.52. The van der Waals surface area contributed by atoms with Crippen molar-refractivity contribution in [3.05, 3.63) is 71.8 Å². The molecule has 21 heavy (non-hydrogen) atoms. The van der Waals surface area contributed by atoms with Crippen molar-refractivity contribution in [2.24, 2.45) is 5.92 Å². The van der Waals surface area contributed by atoms with Gasteiger partial charge in [-0.2, -0.15) is 0 Å². The van der Waals surface area contributed by atoms with Crippen LogP contribution in [-0.4, -0.2) is 23.6 Å². The predicted octanol–water partition coefficient (Wildman–Crippen LogP) is 3.08. The van der Waals surface area contributed by atoms with Gasteiger partial charge in [-0.25, -0.2) is 0 Å². The lowest BCUT2D eigenvalue weighted by Crippen LogP contribution is -2.30. The Morgan fingerprint density at radius 3 is 2.24 bits per heavy atom. The summed E-state index contributed by atoms with van der Waals surface area (Å²) in [6, 6.07) is 18.8. The molecule has 0 aliphatic carbocycles. The van der Waals surface area contributed by atoms with Crippen molar-refractivity contribution in [2.75, 3.05) is 6.61 Å². The van der Waals surface area contributed by atoms with E-state index in [1.165, 1.54) is 0 Å². The maximum absolute atomic E-state index is 12.2. The first-order valence-electron chi connectivity index (χ1n) is 7.07. The van der Waals surface area contributed by atoms with Crippen LogP contribution < -0.4 is 0 Å². The first-order valence-corrected chi connectivity index (χ1v) is 7.07. The lowest BCUT2D eigenvalue weighted by atomic mass is 9.95. The molecule has 0 radical (unpaired) electrons. The van der Waals surface area contributed by atoms with Gasteiger partial charge in [-0.05, 0) is 5.56 Å². The largest absolute Gasteiger partial charge is 0.390 e. The fraction of sp³-hybridized carbons (Fsp3) is 0.278. The summed E-state index contributed by atoms with van der Waals surface area (Å²) in [5.41, 5.74) is 1.67. The summed E-state index contributed by atoms with van der Waals surface area (Å²) in [4.78, 5) is 12.2. The highest BCUT2D eigenvalue weighted by Gasteiger charge is 2.23. The molecule has 1 N–H and O–H groups in total. The summed E-state index contributed by atoms with van der Waals surface area (Å²) in [7, 11) is 0. The molecule has 0 fully saturated rings. The average molecular weight is 284 g/mol. The molecule has 3 nitrogen and oxygen atoms in total. The molecule has 0 saturated carbocycles. The summed E-state index contributed by atoms with van der Waals surface area (Å²) < 4.78 is 5.49. The number of aliphatic hydroxyl groups excluding tert-OH is 1. The Kier molecular flexibility index (Phi) is 5.67. The van der Waals surface area contributed by atoms with Crippen molar-refractivity contribution in [3.63, 3.8) is 0 Å². The minimum atomic E-state index is -0.804. The monoisotopic (exact) mass is 284 g/mol. The molecular weight excluding hydrogens is 264 g/mol. The summed E-state index contributed by atoms with van der Waals surface area (Å²) in [6.07, 6.45) is -0.804. The Bertz CT molecular complexity index is 551. The van der Waals surface area contributed by atoms with Crippen LogP contribution in [0.5, 0.6) is 0 Å². The second-order valence-corrected chi connectivity index (χ2v) is 5.09. The lowest BCUT2D eigenvalue weighted by molar-refractivity contribution is 0.00495. The first-order chi connectivity index (χ1) is 10.2. The zero-order chi connectivity index (χ0) is 15.1. The van der Waals surface area contributed by atoms with E-state index >= 15 is 0 Å². The van der Waals surface area contributed by atoms with Gasteiger partial charge in [0.1, 0.15) is 0 Å². The molecule has 0 spiro atoms. The summed E-state index contributed by atoms with van der Waals surface area (Å²) in [5, 5.41) is 10.1. The Morgan fingerprint density at radius 1 is 1.05 bits per heavy atom. The molecule has 0 unspecified atom stereocenters. The Balaban J connectivity index is 1.82. The summed E-state index contributed by atoms with van der Waals surface area (Å²) in [5.74, 6) is -0.547. The number of rotatable bonds is 7. The van der Waals surface area contributed by atoms with Crippen LogP contribution in [0.4, 0.5) is 0 Å². The van der Waals surface area contributed by atoms with Gasteiger partial charge in [0.15, 0.2) is 5.78 Å². The number of benzene rings is 2. The fourth-order valence-corrected chi connectivity index (χ4v) is 2.06. The molecule has 2 aromatic rings. The lowest BCUT2D eigenvalue weighted by Gasteiger charge is -2.18. The molecule has 2 atom stereocenters. The van der Waals surface area contributed by atoms with Crippen LogP contribution in [0.2, 0.25) is 0 Å². The van der Waals surface area contributed by atoms with Crippen molar-refractivity contribution in [1.29, 1.82) is 0 Å². The van der Waals surface area contributed by atoms with Crippen LogP contribution in [0.3, 0.4) is 0 Å². The van der Waals surface area contributed by atoms with Crippen LogP contribution in [-0.2, 0) is 11.3 Å². The highest BCUT2D eigenvalue weighted by Crippen LogP contribution is 2.13. The van der Waals surface area contributed by atoms with Gasteiger partial charge in [-0.3, -0.25) is 4.79 Å². The molecule has 3 heteroatoms. The molecular formula is C18H20O3. The quantitative estimate of drug-likeness (QED) is 0.795. The fourth-order valence-electron chi connectivity index (χ4n) is 2.06. The van der Waals surface area contributed by atoms with Gasteiger partial charge in [0.25, 0.3) is 0 Å².